The van der Waals surface area contributed by atoms with Crippen LogP contribution >= 0.6 is 11.6 Å². The van der Waals surface area contributed by atoms with Gasteiger partial charge in [-0.25, -0.2) is 4.98 Å². The van der Waals surface area contributed by atoms with E-state index in [-0.39, 0.29) is 24.0 Å². The van der Waals surface area contributed by atoms with Crippen LogP contribution in [0.2, 0.25) is 5.02 Å². The van der Waals surface area contributed by atoms with Crippen molar-refractivity contribution < 1.29 is 9.66 Å². The van der Waals surface area contributed by atoms with Crippen LogP contribution in [0, 0.1) is 10.1 Å². The molecule has 21 heavy (non-hydrogen) atoms. The lowest BCUT2D eigenvalue weighted by Crippen LogP contribution is -2.07. The molecule has 0 saturated heterocycles. The molecular weight excluding hydrogens is 296 g/mol. The van der Waals surface area contributed by atoms with Crippen LogP contribution in [0.1, 0.15) is 12.5 Å². The van der Waals surface area contributed by atoms with Gasteiger partial charge >= 0.3 is 5.69 Å². The quantitative estimate of drug-likeness (QED) is 0.651. The van der Waals surface area contributed by atoms with Crippen LogP contribution in [0.4, 0.5) is 11.5 Å². The number of halogens is 1. The molecule has 2 aromatic rings. The summed E-state index contributed by atoms with van der Waals surface area (Å²) in [5.74, 6) is 0.0597. The van der Waals surface area contributed by atoms with Gasteiger partial charge in [0.1, 0.15) is 12.9 Å². The van der Waals surface area contributed by atoms with Crippen LogP contribution < -0.4 is 10.1 Å². The van der Waals surface area contributed by atoms with Gasteiger partial charge in [-0.05, 0) is 24.6 Å². The normalized spacial score (nSPS) is 10.2. The summed E-state index contributed by atoms with van der Waals surface area (Å²) in [7, 11) is 0. The van der Waals surface area contributed by atoms with E-state index < -0.39 is 4.92 Å². The van der Waals surface area contributed by atoms with Crippen LogP contribution in [0.15, 0.2) is 30.6 Å². The van der Waals surface area contributed by atoms with E-state index in [4.69, 9.17) is 16.3 Å². The van der Waals surface area contributed by atoms with Gasteiger partial charge in [0.25, 0.3) is 5.88 Å². The summed E-state index contributed by atoms with van der Waals surface area (Å²) >= 11 is 5.88. The Morgan fingerprint density at radius 3 is 2.90 bits per heavy atom. The predicted octanol–water partition coefficient (Wildman–Crippen LogP) is 3.05. The van der Waals surface area contributed by atoms with Gasteiger partial charge < -0.3 is 10.1 Å². The Hall–Kier alpha value is -2.41. The first kappa shape index (κ1) is 15.0. The Kier molecular flexibility index (Phi) is 4.89. The van der Waals surface area contributed by atoms with Crippen LogP contribution in [-0.4, -0.2) is 21.4 Å². The number of ether oxygens (including phenoxy) is 1. The molecule has 2 rings (SSSR count). The second kappa shape index (κ2) is 6.85. The van der Waals surface area contributed by atoms with Crippen LogP contribution in [0.25, 0.3) is 0 Å². The molecule has 0 unspecified atom stereocenters. The molecule has 1 aromatic heterocycles. The minimum Gasteiger partial charge on any atom is -0.468 e. The van der Waals surface area contributed by atoms with Gasteiger partial charge in [0.2, 0.25) is 5.82 Å². The summed E-state index contributed by atoms with van der Waals surface area (Å²) in [5, 5.41) is 14.5. The molecule has 0 saturated carbocycles. The first-order valence-electron chi connectivity index (χ1n) is 6.22. The number of hydrogen-bond donors (Lipinski definition) is 1. The Morgan fingerprint density at radius 2 is 2.24 bits per heavy atom. The number of nitro groups is 1. The largest absolute Gasteiger partial charge is 0.468 e. The molecular formula is C13H13ClN4O3. The lowest BCUT2D eigenvalue weighted by Gasteiger charge is -2.08. The van der Waals surface area contributed by atoms with Gasteiger partial charge in [-0.2, -0.15) is 4.98 Å². The first-order chi connectivity index (χ1) is 10.1. The van der Waals surface area contributed by atoms with E-state index in [2.05, 4.69) is 15.3 Å². The average molecular weight is 309 g/mol. The van der Waals surface area contributed by atoms with Gasteiger partial charge in [0.15, 0.2) is 0 Å². The standard InChI is InChI=1S/C13H13ClN4O3/c1-2-15-12-11(18(19)20)13(17-8-16-12)21-7-9-4-3-5-10(14)6-9/h3-6,8H,2,7H2,1H3,(H,15,16,17). The zero-order valence-electron chi connectivity index (χ0n) is 11.2. The van der Waals surface area contributed by atoms with Crippen molar-refractivity contribution in [2.24, 2.45) is 0 Å². The molecule has 0 aliphatic heterocycles. The molecule has 0 radical (unpaired) electrons. The Balaban J connectivity index is 2.23. The molecule has 1 heterocycles. The predicted molar refractivity (Wildman–Crippen MR) is 78.6 cm³/mol. The zero-order valence-corrected chi connectivity index (χ0v) is 12.0. The molecule has 0 amide bonds. The van der Waals surface area contributed by atoms with E-state index >= 15 is 0 Å². The van der Waals surface area contributed by atoms with Gasteiger partial charge in [-0.3, -0.25) is 10.1 Å². The third-order valence-electron chi connectivity index (χ3n) is 2.58. The van der Waals surface area contributed by atoms with E-state index in [9.17, 15) is 10.1 Å². The fourth-order valence-electron chi connectivity index (χ4n) is 1.71. The van der Waals surface area contributed by atoms with E-state index in [0.717, 1.165) is 5.56 Å². The highest BCUT2D eigenvalue weighted by atomic mass is 35.5. The van der Waals surface area contributed by atoms with Crippen molar-refractivity contribution in [3.05, 3.63) is 51.3 Å². The molecule has 7 nitrogen and oxygen atoms in total. The maximum absolute atomic E-state index is 11.2. The lowest BCUT2D eigenvalue weighted by molar-refractivity contribution is -0.385. The molecule has 0 aliphatic rings. The van der Waals surface area contributed by atoms with Gasteiger partial charge in [-0.1, -0.05) is 23.7 Å². The molecule has 0 spiro atoms. The second-order valence-electron chi connectivity index (χ2n) is 4.08. The Labute approximate surface area is 126 Å². The highest BCUT2D eigenvalue weighted by Crippen LogP contribution is 2.31. The Bertz CT molecular complexity index is 651. The molecule has 110 valence electrons. The van der Waals surface area contributed by atoms with E-state index in [0.29, 0.717) is 11.6 Å². The highest BCUT2D eigenvalue weighted by molar-refractivity contribution is 6.30. The number of nitrogens with zero attached hydrogens (tertiary/aromatic N) is 3. The number of anilines is 1. The van der Waals surface area contributed by atoms with E-state index in [1.807, 2.05) is 13.0 Å². The lowest BCUT2D eigenvalue weighted by atomic mass is 10.2. The SMILES string of the molecule is CCNc1ncnc(OCc2cccc(Cl)c2)c1[N+](=O)[O-]. The maximum Gasteiger partial charge on any atom is 0.372 e. The first-order valence-corrected chi connectivity index (χ1v) is 6.60. The minimum atomic E-state index is -0.564. The van der Waals surface area contributed by atoms with Crippen molar-refractivity contribution >= 4 is 23.1 Å². The van der Waals surface area contributed by atoms with Crippen molar-refractivity contribution in [2.45, 2.75) is 13.5 Å². The minimum absolute atomic E-state index is 0.0778. The van der Waals surface area contributed by atoms with Crippen LogP contribution in [0.5, 0.6) is 5.88 Å². The van der Waals surface area contributed by atoms with Crippen molar-refractivity contribution in [2.75, 3.05) is 11.9 Å². The zero-order chi connectivity index (χ0) is 15.2. The monoisotopic (exact) mass is 308 g/mol. The van der Waals surface area contributed by atoms with Crippen molar-refractivity contribution in [1.82, 2.24) is 9.97 Å². The van der Waals surface area contributed by atoms with E-state index in [1.165, 1.54) is 6.33 Å². The van der Waals surface area contributed by atoms with Gasteiger partial charge in [-0.15, -0.1) is 0 Å². The van der Waals surface area contributed by atoms with Crippen molar-refractivity contribution in [1.29, 1.82) is 0 Å². The number of benzene rings is 1. The molecule has 0 bridgehead atoms. The second-order valence-corrected chi connectivity index (χ2v) is 4.52. The highest BCUT2D eigenvalue weighted by Gasteiger charge is 2.24. The number of nitrogens with one attached hydrogen (secondary N) is 1. The molecule has 0 fully saturated rings. The smallest absolute Gasteiger partial charge is 0.372 e. The number of hydrogen-bond acceptors (Lipinski definition) is 6. The molecule has 1 N–H and O–H groups in total. The molecule has 1 aromatic carbocycles. The molecule has 0 aliphatic carbocycles. The third-order valence-corrected chi connectivity index (χ3v) is 2.82. The fourth-order valence-corrected chi connectivity index (χ4v) is 1.92. The summed E-state index contributed by atoms with van der Waals surface area (Å²) in [6.07, 6.45) is 1.22. The van der Waals surface area contributed by atoms with Crippen LogP contribution in [0.3, 0.4) is 0 Å². The summed E-state index contributed by atoms with van der Waals surface area (Å²) in [6.45, 7) is 2.45. The fraction of sp³-hybridized carbons (Fsp3) is 0.231. The molecule has 8 heteroatoms. The summed E-state index contributed by atoms with van der Waals surface area (Å²) < 4.78 is 5.44. The summed E-state index contributed by atoms with van der Waals surface area (Å²) in [4.78, 5) is 18.3. The van der Waals surface area contributed by atoms with Crippen LogP contribution in [-0.2, 0) is 6.61 Å². The number of aromatic nitrogens is 2. The maximum atomic E-state index is 11.2. The summed E-state index contributed by atoms with van der Waals surface area (Å²) in [5.41, 5.74) is 0.516. The van der Waals surface area contributed by atoms with E-state index in [1.54, 1.807) is 18.2 Å². The Morgan fingerprint density at radius 1 is 1.43 bits per heavy atom. The average Bonchev–Trinajstić information content (AvgIpc) is 2.45. The number of rotatable bonds is 6. The van der Waals surface area contributed by atoms with Gasteiger partial charge in [0, 0.05) is 11.6 Å². The van der Waals surface area contributed by atoms with Crippen molar-refractivity contribution in [3.8, 4) is 5.88 Å². The van der Waals surface area contributed by atoms with Gasteiger partial charge in [0.05, 0.1) is 4.92 Å². The van der Waals surface area contributed by atoms with Crippen molar-refractivity contribution in [3.63, 3.8) is 0 Å². The molecule has 0 atom stereocenters. The topological polar surface area (TPSA) is 90.2 Å². The third kappa shape index (κ3) is 3.79. The summed E-state index contributed by atoms with van der Waals surface area (Å²) in [6, 6.07) is 7.05.